The molecule has 1 atom stereocenters. The van der Waals surface area contributed by atoms with Crippen LogP contribution in [0.25, 0.3) is 0 Å². The summed E-state index contributed by atoms with van der Waals surface area (Å²) in [7, 11) is 0. The standard InChI is InChI=1S/C13H24N2O.ClH/c1-12(2)10(13(12,3)4)11(16)15-7-5-6-9(14)8-15;/h9-10H,5-8,14H2,1-4H3;1H. The number of piperidine rings is 1. The summed E-state index contributed by atoms with van der Waals surface area (Å²) in [6.07, 6.45) is 2.11. The first-order chi connectivity index (χ1) is 7.28. The van der Waals surface area contributed by atoms with Crippen LogP contribution in [-0.4, -0.2) is 29.9 Å². The molecule has 4 heteroatoms. The second-order valence-electron chi connectivity index (χ2n) is 6.56. The second-order valence-corrected chi connectivity index (χ2v) is 6.56. The van der Waals surface area contributed by atoms with Gasteiger partial charge in [-0.15, -0.1) is 12.4 Å². The number of likely N-dealkylation sites (tertiary alicyclic amines) is 1. The number of carbonyl (C=O) groups excluding carboxylic acids is 1. The Labute approximate surface area is 111 Å². The van der Waals surface area contributed by atoms with Gasteiger partial charge in [0.15, 0.2) is 0 Å². The van der Waals surface area contributed by atoms with E-state index in [1.165, 1.54) is 0 Å². The molecule has 0 spiro atoms. The molecule has 1 heterocycles. The molecule has 0 aromatic heterocycles. The SMILES string of the molecule is CC1(C)C(C(=O)N2CCCC(N)C2)C1(C)C.Cl. The Balaban J connectivity index is 0.00000144. The Hall–Kier alpha value is -0.280. The van der Waals surface area contributed by atoms with Crippen LogP contribution in [-0.2, 0) is 4.79 Å². The van der Waals surface area contributed by atoms with E-state index in [2.05, 4.69) is 27.7 Å². The number of halogens is 1. The molecular weight excluding hydrogens is 236 g/mol. The van der Waals surface area contributed by atoms with Gasteiger partial charge in [0.05, 0.1) is 0 Å². The molecule has 2 N–H and O–H groups in total. The number of amides is 1. The molecule has 3 nitrogen and oxygen atoms in total. The minimum atomic E-state index is 0. The molecule has 1 unspecified atom stereocenters. The van der Waals surface area contributed by atoms with Gasteiger partial charge in [-0.25, -0.2) is 0 Å². The molecule has 0 aromatic rings. The summed E-state index contributed by atoms with van der Waals surface area (Å²) in [5, 5.41) is 0. The number of nitrogens with zero attached hydrogens (tertiary/aromatic N) is 1. The molecule has 100 valence electrons. The van der Waals surface area contributed by atoms with Crippen molar-refractivity contribution in [2.24, 2.45) is 22.5 Å². The normalized spacial score (nSPS) is 30.6. The van der Waals surface area contributed by atoms with Crippen LogP contribution in [0, 0.1) is 16.7 Å². The summed E-state index contributed by atoms with van der Waals surface area (Å²) >= 11 is 0. The van der Waals surface area contributed by atoms with E-state index < -0.39 is 0 Å². The van der Waals surface area contributed by atoms with Crippen LogP contribution in [0.1, 0.15) is 40.5 Å². The van der Waals surface area contributed by atoms with Crippen molar-refractivity contribution in [3.05, 3.63) is 0 Å². The van der Waals surface area contributed by atoms with Crippen LogP contribution in [0.2, 0.25) is 0 Å². The zero-order valence-corrected chi connectivity index (χ0v) is 12.1. The third kappa shape index (κ3) is 2.19. The molecule has 1 saturated heterocycles. The second kappa shape index (κ2) is 4.43. The van der Waals surface area contributed by atoms with Crippen LogP contribution in [0.15, 0.2) is 0 Å². The van der Waals surface area contributed by atoms with E-state index in [1.54, 1.807) is 0 Å². The van der Waals surface area contributed by atoms with E-state index in [0.717, 1.165) is 25.9 Å². The van der Waals surface area contributed by atoms with Crippen molar-refractivity contribution in [3.63, 3.8) is 0 Å². The molecule has 0 radical (unpaired) electrons. The van der Waals surface area contributed by atoms with Crippen molar-refractivity contribution in [1.29, 1.82) is 0 Å². The quantitative estimate of drug-likeness (QED) is 0.784. The molecule has 2 fully saturated rings. The summed E-state index contributed by atoms with van der Waals surface area (Å²) in [5.41, 5.74) is 6.21. The van der Waals surface area contributed by atoms with E-state index >= 15 is 0 Å². The number of hydrogen-bond acceptors (Lipinski definition) is 2. The zero-order valence-electron chi connectivity index (χ0n) is 11.3. The van der Waals surface area contributed by atoms with E-state index in [1.807, 2.05) is 4.90 Å². The summed E-state index contributed by atoms with van der Waals surface area (Å²) in [5.74, 6) is 0.510. The molecule has 1 saturated carbocycles. The monoisotopic (exact) mass is 260 g/mol. The molecule has 2 aliphatic rings. The molecule has 2 rings (SSSR count). The maximum Gasteiger partial charge on any atom is 0.226 e. The number of rotatable bonds is 1. The Kier molecular flexibility index (Phi) is 3.85. The largest absolute Gasteiger partial charge is 0.341 e. The minimum absolute atomic E-state index is 0. The first kappa shape index (κ1) is 14.8. The van der Waals surface area contributed by atoms with Gasteiger partial charge in [-0.3, -0.25) is 4.79 Å². The number of nitrogens with two attached hydrogens (primary N) is 1. The van der Waals surface area contributed by atoms with Gasteiger partial charge < -0.3 is 10.6 Å². The maximum absolute atomic E-state index is 12.4. The van der Waals surface area contributed by atoms with Crippen LogP contribution >= 0.6 is 12.4 Å². The van der Waals surface area contributed by atoms with E-state index in [4.69, 9.17) is 5.73 Å². The van der Waals surface area contributed by atoms with Crippen LogP contribution in [0.3, 0.4) is 0 Å². The average molecular weight is 261 g/mol. The predicted octanol–water partition coefficient (Wildman–Crippen LogP) is 2.04. The Morgan fingerprint density at radius 3 is 2.18 bits per heavy atom. The zero-order chi connectivity index (χ0) is 12.1. The molecule has 1 aliphatic heterocycles. The van der Waals surface area contributed by atoms with Crippen LogP contribution < -0.4 is 5.73 Å². The highest BCUT2D eigenvalue weighted by molar-refractivity contribution is 5.85. The lowest BCUT2D eigenvalue weighted by molar-refractivity contribution is -0.135. The fourth-order valence-electron chi connectivity index (χ4n) is 3.21. The lowest BCUT2D eigenvalue weighted by Crippen LogP contribution is -2.46. The summed E-state index contributed by atoms with van der Waals surface area (Å²) in [4.78, 5) is 14.4. The smallest absolute Gasteiger partial charge is 0.226 e. The number of hydrogen-bond donors (Lipinski definition) is 1. The Bertz CT molecular complexity index is 301. The summed E-state index contributed by atoms with van der Waals surface area (Å²) in [6, 6.07) is 0.183. The average Bonchev–Trinajstić information content (AvgIpc) is 2.56. The minimum Gasteiger partial charge on any atom is -0.341 e. The van der Waals surface area contributed by atoms with Crippen LogP contribution in [0.4, 0.5) is 0 Å². The van der Waals surface area contributed by atoms with Crippen molar-refractivity contribution in [3.8, 4) is 0 Å². The van der Waals surface area contributed by atoms with Crippen molar-refractivity contribution in [1.82, 2.24) is 4.90 Å². The van der Waals surface area contributed by atoms with Gasteiger partial charge in [-0.2, -0.15) is 0 Å². The first-order valence-corrected chi connectivity index (χ1v) is 6.33. The highest BCUT2D eigenvalue weighted by Gasteiger charge is 2.68. The molecule has 1 amide bonds. The molecule has 0 bridgehead atoms. The fourth-order valence-corrected chi connectivity index (χ4v) is 3.21. The highest BCUT2D eigenvalue weighted by Crippen LogP contribution is 2.68. The number of carbonyl (C=O) groups is 1. The van der Waals surface area contributed by atoms with Crippen molar-refractivity contribution in [2.45, 2.75) is 46.6 Å². The molecule has 1 aliphatic carbocycles. The van der Waals surface area contributed by atoms with Crippen LogP contribution in [0.5, 0.6) is 0 Å². The molecule has 17 heavy (non-hydrogen) atoms. The summed E-state index contributed by atoms with van der Waals surface area (Å²) < 4.78 is 0. The Morgan fingerprint density at radius 1 is 1.24 bits per heavy atom. The van der Waals surface area contributed by atoms with E-state index in [0.29, 0.717) is 5.91 Å². The van der Waals surface area contributed by atoms with Gasteiger partial charge in [0, 0.05) is 25.0 Å². The third-order valence-corrected chi connectivity index (χ3v) is 5.04. The van der Waals surface area contributed by atoms with Gasteiger partial charge >= 0.3 is 0 Å². The first-order valence-electron chi connectivity index (χ1n) is 6.33. The highest BCUT2D eigenvalue weighted by atomic mass is 35.5. The van der Waals surface area contributed by atoms with Gasteiger partial charge in [0.1, 0.15) is 0 Å². The van der Waals surface area contributed by atoms with Gasteiger partial charge in [-0.05, 0) is 23.7 Å². The predicted molar refractivity (Wildman–Crippen MR) is 72.1 cm³/mol. The Morgan fingerprint density at radius 2 is 1.76 bits per heavy atom. The third-order valence-electron chi connectivity index (χ3n) is 5.04. The molecular formula is C13H25ClN2O. The summed E-state index contributed by atoms with van der Waals surface area (Å²) in [6.45, 7) is 10.4. The van der Waals surface area contributed by atoms with Crippen molar-refractivity contribution < 1.29 is 4.79 Å². The van der Waals surface area contributed by atoms with Gasteiger partial charge in [-0.1, -0.05) is 27.7 Å². The van der Waals surface area contributed by atoms with Crippen molar-refractivity contribution >= 4 is 18.3 Å². The van der Waals surface area contributed by atoms with E-state index in [-0.39, 0.29) is 35.2 Å². The lowest BCUT2D eigenvalue weighted by atomic mass is 10.0. The van der Waals surface area contributed by atoms with Crippen molar-refractivity contribution in [2.75, 3.05) is 13.1 Å². The fraction of sp³-hybridized carbons (Fsp3) is 0.923. The topological polar surface area (TPSA) is 46.3 Å². The van der Waals surface area contributed by atoms with E-state index in [9.17, 15) is 4.79 Å². The molecule has 0 aromatic carbocycles. The van der Waals surface area contributed by atoms with Gasteiger partial charge in [0.2, 0.25) is 5.91 Å². The lowest BCUT2D eigenvalue weighted by Gasteiger charge is -2.31. The maximum atomic E-state index is 12.4. The van der Waals surface area contributed by atoms with Gasteiger partial charge in [0.25, 0.3) is 0 Å².